The molecule has 1 heterocycles. The van der Waals surface area contributed by atoms with E-state index in [1.165, 1.54) is 10.9 Å². The number of carbonyl (C=O) groups excluding carboxylic acids is 2. The molecule has 0 saturated heterocycles. The molecule has 0 spiro atoms. The van der Waals surface area contributed by atoms with Crippen LogP contribution in [0.25, 0.3) is 0 Å². The number of esters is 1. The first-order chi connectivity index (χ1) is 7.60. The van der Waals surface area contributed by atoms with Crippen molar-refractivity contribution in [3.63, 3.8) is 0 Å². The number of aromatic nitrogens is 2. The van der Waals surface area contributed by atoms with Crippen molar-refractivity contribution < 1.29 is 14.3 Å². The minimum atomic E-state index is -0.478. The molecule has 1 atom stereocenters. The number of hydrogen-bond donors (Lipinski definition) is 0. The van der Waals surface area contributed by atoms with Gasteiger partial charge in [0.05, 0.1) is 18.4 Å². The van der Waals surface area contributed by atoms with Crippen molar-refractivity contribution in [1.29, 1.82) is 0 Å². The highest BCUT2D eigenvalue weighted by Crippen LogP contribution is 2.18. The first kappa shape index (κ1) is 12.4. The van der Waals surface area contributed by atoms with Gasteiger partial charge in [0, 0.05) is 6.20 Å². The molecule has 0 saturated carbocycles. The van der Waals surface area contributed by atoms with Gasteiger partial charge in [0.15, 0.2) is 12.3 Å². The number of ether oxygens (including phenoxy) is 1. The van der Waals surface area contributed by atoms with E-state index in [0.29, 0.717) is 18.5 Å². The third kappa shape index (κ3) is 2.68. The summed E-state index contributed by atoms with van der Waals surface area (Å²) in [6.07, 6.45) is 3.68. The van der Waals surface area contributed by atoms with Gasteiger partial charge in [0.2, 0.25) is 0 Å². The van der Waals surface area contributed by atoms with Gasteiger partial charge in [-0.15, -0.1) is 0 Å². The Labute approximate surface area is 94.4 Å². The van der Waals surface area contributed by atoms with Gasteiger partial charge in [0.1, 0.15) is 0 Å². The van der Waals surface area contributed by atoms with Crippen LogP contribution in [0.15, 0.2) is 12.4 Å². The zero-order chi connectivity index (χ0) is 12.1. The van der Waals surface area contributed by atoms with Crippen LogP contribution in [-0.2, 0) is 9.53 Å². The van der Waals surface area contributed by atoms with Crippen molar-refractivity contribution in [1.82, 2.24) is 9.78 Å². The Bertz CT molecular complexity index is 371. The average Bonchev–Trinajstić information content (AvgIpc) is 2.66. The molecule has 1 aromatic heterocycles. The zero-order valence-electron chi connectivity index (χ0n) is 9.71. The van der Waals surface area contributed by atoms with Gasteiger partial charge >= 0.3 is 5.97 Å². The lowest BCUT2D eigenvalue weighted by Gasteiger charge is -2.19. The molecule has 16 heavy (non-hydrogen) atoms. The summed E-state index contributed by atoms with van der Waals surface area (Å²) in [6, 6.07) is -0.478. The van der Waals surface area contributed by atoms with E-state index in [4.69, 9.17) is 4.74 Å². The Balaban J connectivity index is 2.93. The SMILES string of the molecule is CCOC(=O)C(C(C)C)n1cc(C=O)cn1. The molecule has 1 aromatic rings. The maximum Gasteiger partial charge on any atom is 0.331 e. The van der Waals surface area contributed by atoms with Crippen LogP contribution in [0, 0.1) is 5.92 Å². The summed E-state index contributed by atoms with van der Waals surface area (Å²) in [5.74, 6) is -0.267. The van der Waals surface area contributed by atoms with Crippen molar-refractivity contribution in [2.45, 2.75) is 26.8 Å². The number of hydrogen-bond acceptors (Lipinski definition) is 4. The number of aldehydes is 1. The third-order valence-corrected chi connectivity index (χ3v) is 2.20. The van der Waals surface area contributed by atoms with Crippen LogP contribution < -0.4 is 0 Å². The molecule has 0 aliphatic rings. The molecule has 5 heteroatoms. The van der Waals surface area contributed by atoms with Crippen molar-refractivity contribution in [2.75, 3.05) is 6.61 Å². The predicted octanol–water partition coefficient (Wildman–Crippen LogP) is 1.46. The van der Waals surface area contributed by atoms with Crippen molar-refractivity contribution in [3.8, 4) is 0 Å². The largest absolute Gasteiger partial charge is 0.464 e. The van der Waals surface area contributed by atoms with Crippen molar-refractivity contribution >= 4 is 12.3 Å². The van der Waals surface area contributed by atoms with Crippen LogP contribution in [-0.4, -0.2) is 28.6 Å². The average molecular weight is 224 g/mol. The van der Waals surface area contributed by atoms with Crippen LogP contribution in [0.2, 0.25) is 0 Å². The van der Waals surface area contributed by atoms with Crippen LogP contribution in [0.5, 0.6) is 0 Å². The van der Waals surface area contributed by atoms with Gasteiger partial charge in [0.25, 0.3) is 0 Å². The number of rotatable bonds is 5. The normalized spacial score (nSPS) is 12.5. The highest BCUT2D eigenvalue weighted by Gasteiger charge is 2.26. The Morgan fingerprint density at radius 2 is 2.31 bits per heavy atom. The Hall–Kier alpha value is -1.65. The van der Waals surface area contributed by atoms with E-state index in [-0.39, 0.29) is 11.9 Å². The molecule has 1 rings (SSSR count). The molecule has 88 valence electrons. The quantitative estimate of drug-likeness (QED) is 0.561. The maximum absolute atomic E-state index is 11.7. The minimum absolute atomic E-state index is 0.0541. The Kier molecular flexibility index (Phi) is 4.22. The fourth-order valence-electron chi connectivity index (χ4n) is 1.48. The molecule has 1 unspecified atom stereocenters. The molecule has 0 radical (unpaired) electrons. The number of carbonyl (C=O) groups is 2. The van der Waals surface area contributed by atoms with Crippen LogP contribution in [0.1, 0.15) is 37.2 Å². The van der Waals surface area contributed by atoms with E-state index in [1.54, 1.807) is 13.1 Å². The molecule has 0 aromatic carbocycles. The Morgan fingerprint density at radius 1 is 1.62 bits per heavy atom. The van der Waals surface area contributed by atoms with Crippen LogP contribution >= 0.6 is 0 Å². The summed E-state index contributed by atoms with van der Waals surface area (Å²) >= 11 is 0. The second-order valence-electron chi connectivity index (χ2n) is 3.81. The summed E-state index contributed by atoms with van der Waals surface area (Å²) in [4.78, 5) is 22.2. The molecule has 0 fully saturated rings. The number of nitrogens with zero attached hydrogens (tertiary/aromatic N) is 2. The highest BCUT2D eigenvalue weighted by molar-refractivity contribution is 5.76. The molecule has 5 nitrogen and oxygen atoms in total. The molecular formula is C11H16N2O3. The summed E-state index contributed by atoms with van der Waals surface area (Å²) in [6.45, 7) is 5.91. The lowest BCUT2D eigenvalue weighted by molar-refractivity contribution is -0.149. The lowest BCUT2D eigenvalue weighted by Crippen LogP contribution is -2.26. The third-order valence-electron chi connectivity index (χ3n) is 2.20. The summed E-state index contributed by atoms with van der Waals surface area (Å²) in [7, 11) is 0. The smallest absolute Gasteiger partial charge is 0.331 e. The van der Waals surface area contributed by atoms with E-state index in [1.807, 2.05) is 13.8 Å². The second kappa shape index (κ2) is 5.44. The fourth-order valence-corrected chi connectivity index (χ4v) is 1.48. The van der Waals surface area contributed by atoms with Gasteiger partial charge in [-0.2, -0.15) is 5.10 Å². The highest BCUT2D eigenvalue weighted by atomic mass is 16.5. The lowest BCUT2D eigenvalue weighted by atomic mass is 10.1. The first-order valence-electron chi connectivity index (χ1n) is 5.26. The second-order valence-corrected chi connectivity index (χ2v) is 3.81. The van der Waals surface area contributed by atoms with E-state index >= 15 is 0 Å². The van der Waals surface area contributed by atoms with E-state index in [2.05, 4.69) is 5.10 Å². The van der Waals surface area contributed by atoms with E-state index in [0.717, 1.165) is 0 Å². The molecule has 0 aliphatic carbocycles. The molecule has 0 amide bonds. The molecule has 0 bridgehead atoms. The molecule has 0 aliphatic heterocycles. The van der Waals surface area contributed by atoms with E-state index in [9.17, 15) is 9.59 Å². The zero-order valence-corrected chi connectivity index (χ0v) is 9.71. The van der Waals surface area contributed by atoms with E-state index < -0.39 is 6.04 Å². The monoisotopic (exact) mass is 224 g/mol. The van der Waals surface area contributed by atoms with Crippen molar-refractivity contribution in [3.05, 3.63) is 18.0 Å². The van der Waals surface area contributed by atoms with Gasteiger partial charge in [-0.3, -0.25) is 9.48 Å². The standard InChI is InChI=1S/C11H16N2O3/c1-4-16-11(15)10(8(2)3)13-6-9(7-14)5-12-13/h5-8,10H,4H2,1-3H3. The van der Waals surface area contributed by atoms with Gasteiger partial charge in [-0.1, -0.05) is 13.8 Å². The van der Waals surface area contributed by atoms with Gasteiger partial charge in [-0.25, -0.2) is 4.79 Å². The molecule has 0 N–H and O–H groups in total. The fraction of sp³-hybridized carbons (Fsp3) is 0.545. The van der Waals surface area contributed by atoms with Gasteiger partial charge < -0.3 is 4.74 Å². The van der Waals surface area contributed by atoms with Crippen molar-refractivity contribution in [2.24, 2.45) is 5.92 Å². The first-order valence-corrected chi connectivity index (χ1v) is 5.26. The van der Waals surface area contributed by atoms with Crippen LogP contribution in [0.4, 0.5) is 0 Å². The molecular weight excluding hydrogens is 208 g/mol. The predicted molar refractivity (Wildman–Crippen MR) is 58.1 cm³/mol. The Morgan fingerprint density at radius 3 is 2.75 bits per heavy atom. The summed E-state index contributed by atoms with van der Waals surface area (Å²) in [5, 5.41) is 4.00. The summed E-state index contributed by atoms with van der Waals surface area (Å²) in [5.41, 5.74) is 0.454. The minimum Gasteiger partial charge on any atom is -0.464 e. The topological polar surface area (TPSA) is 61.2 Å². The van der Waals surface area contributed by atoms with Crippen LogP contribution in [0.3, 0.4) is 0 Å². The maximum atomic E-state index is 11.7. The van der Waals surface area contributed by atoms with Gasteiger partial charge in [-0.05, 0) is 12.8 Å². The summed E-state index contributed by atoms with van der Waals surface area (Å²) < 4.78 is 6.45.